The summed E-state index contributed by atoms with van der Waals surface area (Å²) in [5, 5.41) is 7.08. The first-order valence-corrected chi connectivity index (χ1v) is 14.7. The van der Waals surface area contributed by atoms with E-state index in [2.05, 4.69) is 10.6 Å². The summed E-state index contributed by atoms with van der Waals surface area (Å²) >= 11 is 0. The fourth-order valence-corrected chi connectivity index (χ4v) is 7.12. The highest BCUT2D eigenvalue weighted by Crippen LogP contribution is 2.41. The van der Waals surface area contributed by atoms with Crippen molar-refractivity contribution in [3.8, 4) is 0 Å². The van der Waals surface area contributed by atoms with Crippen LogP contribution in [0.3, 0.4) is 0 Å². The van der Waals surface area contributed by atoms with Gasteiger partial charge in [0.25, 0.3) is 5.91 Å². The lowest BCUT2D eigenvalue weighted by Crippen LogP contribution is -2.49. The third-order valence-electron chi connectivity index (χ3n) is 7.31. The Kier molecular flexibility index (Phi) is 7.88. The van der Waals surface area contributed by atoms with Crippen LogP contribution in [0, 0.1) is 0 Å². The van der Waals surface area contributed by atoms with E-state index in [0.29, 0.717) is 49.4 Å². The smallest absolute Gasteiger partial charge is 0.258 e. The van der Waals surface area contributed by atoms with Gasteiger partial charge in [0.05, 0.1) is 10.6 Å². The molecule has 3 aromatic carbocycles. The van der Waals surface area contributed by atoms with Gasteiger partial charge in [-0.25, -0.2) is 8.42 Å². The van der Waals surface area contributed by atoms with Gasteiger partial charge in [0.1, 0.15) is 6.04 Å². The first kappa shape index (κ1) is 27.8. The zero-order valence-corrected chi connectivity index (χ0v) is 23.3. The van der Waals surface area contributed by atoms with E-state index in [-0.39, 0.29) is 23.3 Å². The quantitative estimate of drug-likeness (QED) is 0.379. The van der Waals surface area contributed by atoms with Gasteiger partial charge in [0.2, 0.25) is 21.8 Å². The average molecular weight is 565 g/mol. The lowest BCUT2D eigenvalue weighted by molar-refractivity contribution is -0.120. The molecule has 0 spiro atoms. The van der Waals surface area contributed by atoms with Crippen LogP contribution in [-0.4, -0.2) is 63.3 Å². The standard InChI is InChI=1S/C29H32N4O6S/c1-19(34)30-20-10-12-21(13-11-20)40(37,38)33-17-4-3-9-26(33)28(35)31-24-14-15-25-27-22(24)7-5-8-23(27)29(36)32(25)16-6-18-39-2/h5,7-8,10-15,26H,3-4,6,9,16-18H2,1-2H3,(H,30,34)(H,31,35). The van der Waals surface area contributed by atoms with Gasteiger partial charge >= 0.3 is 0 Å². The zero-order valence-electron chi connectivity index (χ0n) is 22.5. The van der Waals surface area contributed by atoms with Crippen molar-refractivity contribution in [2.24, 2.45) is 0 Å². The van der Waals surface area contributed by atoms with Crippen molar-refractivity contribution in [3.63, 3.8) is 0 Å². The summed E-state index contributed by atoms with van der Waals surface area (Å²) in [6.07, 6.45) is 2.45. The molecule has 1 saturated heterocycles. The number of benzene rings is 3. The molecule has 0 aromatic heterocycles. The normalized spacial score (nSPS) is 17.3. The van der Waals surface area contributed by atoms with Crippen LogP contribution in [0.4, 0.5) is 17.1 Å². The minimum Gasteiger partial charge on any atom is -0.385 e. The topological polar surface area (TPSA) is 125 Å². The fourth-order valence-electron chi connectivity index (χ4n) is 5.46. The summed E-state index contributed by atoms with van der Waals surface area (Å²) in [7, 11) is -2.34. The third-order valence-corrected chi connectivity index (χ3v) is 9.23. The Morgan fingerprint density at radius 2 is 1.80 bits per heavy atom. The van der Waals surface area contributed by atoms with E-state index in [0.717, 1.165) is 22.9 Å². The number of hydrogen-bond donors (Lipinski definition) is 2. The second-order valence-electron chi connectivity index (χ2n) is 9.99. The molecule has 1 atom stereocenters. The third kappa shape index (κ3) is 5.19. The van der Waals surface area contributed by atoms with Crippen molar-refractivity contribution in [1.82, 2.24) is 4.31 Å². The minimum atomic E-state index is -3.97. The van der Waals surface area contributed by atoms with Gasteiger partial charge in [-0.3, -0.25) is 14.4 Å². The Bertz CT molecular complexity index is 1570. The molecule has 2 heterocycles. The molecule has 1 unspecified atom stereocenters. The molecule has 0 bridgehead atoms. The largest absolute Gasteiger partial charge is 0.385 e. The molecular weight excluding hydrogens is 532 g/mol. The number of methoxy groups -OCH3 is 1. The summed E-state index contributed by atoms with van der Waals surface area (Å²) in [6.45, 7) is 2.66. The van der Waals surface area contributed by atoms with Crippen molar-refractivity contribution >= 4 is 55.6 Å². The zero-order chi connectivity index (χ0) is 28.4. The molecule has 1 fully saturated rings. The number of amides is 3. The Morgan fingerprint density at radius 1 is 1.02 bits per heavy atom. The number of ether oxygens (including phenoxy) is 1. The maximum atomic E-state index is 13.6. The first-order valence-electron chi connectivity index (χ1n) is 13.3. The first-order chi connectivity index (χ1) is 19.2. The Hall–Kier alpha value is -3.80. The number of nitrogens with zero attached hydrogens (tertiary/aromatic N) is 2. The maximum Gasteiger partial charge on any atom is 0.258 e. The van der Waals surface area contributed by atoms with Gasteiger partial charge < -0.3 is 20.3 Å². The Balaban J connectivity index is 1.40. The molecule has 3 aromatic rings. The molecule has 11 heteroatoms. The number of hydrogen-bond acceptors (Lipinski definition) is 6. The highest BCUT2D eigenvalue weighted by Gasteiger charge is 2.38. The number of sulfonamides is 1. The van der Waals surface area contributed by atoms with Gasteiger partial charge in [-0.05, 0) is 61.7 Å². The van der Waals surface area contributed by atoms with Gasteiger partial charge in [-0.1, -0.05) is 18.6 Å². The number of carbonyl (C=O) groups excluding carboxylic acids is 3. The number of carbonyl (C=O) groups is 3. The van der Waals surface area contributed by atoms with E-state index >= 15 is 0 Å². The SMILES string of the molecule is COCCCN1C(=O)c2cccc3c(NC(=O)C4CCCCN4S(=O)(=O)c4ccc(NC(C)=O)cc4)ccc1c23. The van der Waals surface area contributed by atoms with E-state index in [1.54, 1.807) is 30.2 Å². The van der Waals surface area contributed by atoms with Crippen LogP contribution in [0.2, 0.25) is 0 Å². The summed E-state index contributed by atoms with van der Waals surface area (Å²) in [4.78, 5) is 39.8. The Morgan fingerprint density at radius 3 is 2.52 bits per heavy atom. The molecule has 210 valence electrons. The van der Waals surface area contributed by atoms with E-state index in [4.69, 9.17) is 4.74 Å². The highest BCUT2D eigenvalue weighted by molar-refractivity contribution is 7.89. The fraction of sp³-hybridized carbons (Fsp3) is 0.345. The van der Waals surface area contributed by atoms with Crippen LogP contribution in [0.15, 0.2) is 59.5 Å². The van der Waals surface area contributed by atoms with Crippen LogP contribution in [0.5, 0.6) is 0 Å². The van der Waals surface area contributed by atoms with Crippen LogP contribution in [0.25, 0.3) is 10.8 Å². The van der Waals surface area contributed by atoms with E-state index < -0.39 is 22.0 Å². The second kappa shape index (κ2) is 11.4. The predicted molar refractivity (Wildman–Crippen MR) is 153 cm³/mol. The number of piperidine rings is 1. The van der Waals surface area contributed by atoms with Crippen LogP contribution in [0.1, 0.15) is 43.0 Å². The number of nitrogens with one attached hydrogen (secondary N) is 2. The molecule has 0 aliphatic carbocycles. The van der Waals surface area contributed by atoms with Crippen molar-refractivity contribution in [1.29, 1.82) is 0 Å². The van der Waals surface area contributed by atoms with Gasteiger partial charge in [-0.15, -0.1) is 0 Å². The predicted octanol–water partition coefficient (Wildman–Crippen LogP) is 3.98. The number of anilines is 3. The van der Waals surface area contributed by atoms with E-state index in [9.17, 15) is 22.8 Å². The van der Waals surface area contributed by atoms with E-state index in [1.165, 1.54) is 35.5 Å². The highest BCUT2D eigenvalue weighted by atomic mass is 32.2. The maximum absolute atomic E-state index is 13.6. The molecule has 5 rings (SSSR count). The summed E-state index contributed by atoms with van der Waals surface area (Å²) in [5.74, 6) is -0.760. The van der Waals surface area contributed by atoms with Crippen molar-refractivity contribution in [2.45, 2.75) is 43.5 Å². The summed E-state index contributed by atoms with van der Waals surface area (Å²) in [6, 6.07) is 14.1. The molecule has 10 nitrogen and oxygen atoms in total. The molecule has 40 heavy (non-hydrogen) atoms. The van der Waals surface area contributed by atoms with Crippen molar-refractivity contribution in [2.75, 3.05) is 42.3 Å². The van der Waals surface area contributed by atoms with Crippen molar-refractivity contribution in [3.05, 3.63) is 60.2 Å². The molecular formula is C29H32N4O6S. The minimum absolute atomic E-state index is 0.0544. The average Bonchev–Trinajstić information content (AvgIpc) is 3.22. The van der Waals surface area contributed by atoms with Gasteiger partial charge in [0.15, 0.2) is 0 Å². The molecule has 3 amide bonds. The monoisotopic (exact) mass is 564 g/mol. The Labute approximate surface area is 233 Å². The molecule has 2 aliphatic rings. The van der Waals surface area contributed by atoms with Gasteiger partial charge in [-0.2, -0.15) is 4.31 Å². The van der Waals surface area contributed by atoms with Crippen LogP contribution < -0.4 is 15.5 Å². The van der Waals surface area contributed by atoms with Crippen molar-refractivity contribution < 1.29 is 27.5 Å². The van der Waals surface area contributed by atoms with Crippen LogP contribution in [-0.2, 0) is 24.3 Å². The van der Waals surface area contributed by atoms with E-state index in [1.807, 2.05) is 12.1 Å². The lowest BCUT2D eigenvalue weighted by Gasteiger charge is -2.33. The molecule has 0 radical (unpaired) electrons. The number of rotatable bonds is 9. The summed E-state index contributed by atoms with van der Waals surface area (Å²) < 4.78 is 33.6. The van der Waals surface area contributed by atoms with Gasteiger partial charge in [0, 0.05) is 61.4 Å². The second-order valence-corrected chi connectivity index (χ2v) is 11.9. The summed E-state index contributed by atoms with van der Waals surface area (Å²) in [5.41, 5.74) is 2.38. The molecule has 0 saturated carbocycles. The molecule has 2 N–H and O–H groups in total. The van der Waals surface area contributed by atoms with Crippen LogP contribution >= 0.6 is 0 Å². The lowest BCUT2D eigenvalue weighted by atomic mass is 10.0. The molecule has 2 aliphatic heterocycles.